The average Bonchev–Trinajstić information content (AvgIpc) is 2.39. The van der Waals surface area contributed by atoms with Gasteiger partial charge in [-0.15, -0.1) is 6.58 Å². The quantitative estimate of drug-likeness (QED) is 0.788. The molecule has 0 spiro atoms. The van der Waals surface area contributed by atoms with Gasteiger partial charge in [0.2, 0.25) is 10.0 Å². The van der Waals surface area contributed by atoms with Crippen molar-refractivity contribution in [2.24, 2.45) is 0 Å². The van der Waals surface area contributed by atoms with E-state index in [1.165, 1.54) is 4.31 Å². The van der Waals surface area contributed by atoms with Crippen LogP contribution in [0, 0.1) is 13.8 Å². The molecule has 1 aromatic rings. The molecule has 1 rings (SSSR count). The number of aryl methyl sites for hydroxylation is 1. The van der Waals surface area contributed by atoms with Gasteiger partial charge in [0, 0.05) is 19.1 Å². The summed E-state index contributed by atoms with van der Waals surface area (Å²) < 4.78 is 27.4. The monoisotopic (exact) mass is 310 g/mol. The largest absolute Gasteiger partial charge is 0.316 e. The standard InChI is InChI=1S/C16H26N2O2S/c1-7-8-18(12(2)3)21(19,20)16-10-15(11-17-6)9-13(4)14(16)5/h7,9-10,12,17H,1,8,11H2,2-6H3. The first-order valence-corrected chi connectivity index (χ1v) is 8.57. The Morgan fingerprint density at radius 3 is 2.43 bits per heavy atom. The van der Waals surface area contributed by atoms with Crippen LogP contribution in [0.5, 0.6) is 0 Å². The van der Waals surface area contributed by atoms with Crippen molar-refractivity contribution in [3.63, 3.8) is 0 Å². The summed E-state index contributed by atoms with van der Waals surface area (Å²) in [5.74, 6) is 0. The first-order valence-electron chi connectivity index (χ1n) is 7.13. The van der Waals surface area contributed by atoms with Gasteiger partial charge in [0.25, 0.3) is 0 Å². The number of rotatable bonds is 7. The Morgan fingerprint density at radius 2 is 1.95 bits per heavy atom. The Hall–Kier alpha value is -1.17. The topological polar surface area (TPSA) is 49.4 Å². The number of nitrogens with zero attached hydrogens (tertiary/aromatic N) is 1. The Kier molecular flexibility index (Phi) is 6.13. The van der Waals surface area contributed by atoms with Crippen molar-refractivity contribution in [3.05, 3.63) is 41.5 Å². The van der Waals surface area contributed by atoms with E-state index in [1.54, 1.807) is 12.1 Å². The van der Waals surface area contributed by atoms with E-state index in [-0.39, 0.29) is 6.04 Å². The zero-order chi connectivity index (χ0) is 16.2. The molecule has 0 amide bonds. The summed E-state index contributed by atoms with van der Waals surface area (Å²) in [7, 11) is -1.67. The van der Waals surface area contributed by atoms with E-state index >= 15 is 0 Å². The second-order valence-electron chi connectivity index (χ2n) is 5.52. The second kappa shape index (κ2) is 7.20. The lowest BCUT2D eigenvalue weighted by molar-refractivity contribution is 0.382. The van der Waals surface area contributed by atoms with Gasteiger partial charge in [0.15, 0.2) is 0 Å². The maximum absolute atomic E-state index is 13.0. The average molecular weight is 310 g/mol. The molecule has 118 valence electrons. The van der Waals surface area contributed by atoms with Crippen molar-refractivity contribution in [2.45, 2.75) is 45.2 Å². The minimum Gasteiger partial charge on any atom is -0.316 e. The van der Waals surface area contributed by atoms with Gasteiger partial charge in [-0.25, -0.2) is 8.42 Å². The van der Waals surface area contributed by atoms with Crippen LogP contribution in [0.25, 0.3) is 0 Å². The third-order valence-electron chi connectivity index (χ3n) is 3.53. The van der Waals surface area contributed by atoms with Crippen LogP contribution >= 0.6 is 0 Å². The Labute approximate surface area is 128 Å². The zero-order valence-corrected chi connectivity index (χ0v) is 14.4. The Balaban J connectivity index is 3.45. The van der Waals surface area contributed by atoms with Crippen molar-refractivity contribution >= 4 is 10.0 Å². The number of hydrogen-bond acceptors (Lipinski definition) is 3. The summed E-state index contributed by atoms with van der Waals surface area (Å²) >= 11 is 0. The first-order chi connectivity index (χ1) is 9.75. The van der Waals surface area contributed by atoms with Gasteiger partial charge in [-0.1, -0.05) is 12.1 Å². The molecule has 0 aliphatic carbocycles. The molecule has 0 aromatic heterocycles. The molecule has 0 saturated heterocycles. The highest BCUT2D eigenvalue weighted by Crippen LogP contribution is 2.25. The molecule has 21 heavy (non-hydrogen) atoms. The molecule has 0 aliphatic heterocycles. The number of hydrogen-bond donors (Lipinski definition) is 1. The Morgan fingerprint density at radius 1 is 1.33 bits per heavy atom. The molecule has 0 heterocycles. The summed E-state index contributed by atoms with van der Waals surface area (Å²) in [4.78, 5) is 0.392. The third kappa shape index (κ3) is 3.93. The zero-order valence-electron chi connectivity index (χ0n) is 13.6. The molecule has 1 aromatic carbocycles. The van der Waals surface area contributed by atoms with Crippen LogP contribution in [-0.4, -0.2) is 32.4 Å². The fourth-order valence-electron chi connectivity index (χ4n) is 2.31. The van der Waals surface area contributed by atoms with Crippen LogP contribution in [-0.2, 0) is 16.6 Å². The SMILES string of the molecule is C=CCN(C(C)C)S(=O)(=O)c1cc(CNC)cc(C)c1C. The summed E-state index contributed by atoms with van der Waals surface area (Å²) in [6.45, 7) is 12.2. The molecule has 0 atom stereocenters. The molecular weight excluding hydrogens is 284 g/mol. The van der Waals surface area contributed by atoms with E-state index in [4.69, 9.17) is 0 Å². The highest BCUT2D eigenvalue weighted by Gasteiger charge is 2.28. The Bertz CT molecular complexity index is 607. The van der Waals surface area contributed by atoms with E-state index in [0.29, 0.717) is 18.0 Å². The maximum atomic E-state index is 13.0. The number of benzene rings is 1. The van der Waals surface area contributed by atoms with Crippen LogP contribution in [0.2, 0.25) is 0 Å². The molecule has 0 saturated carbocycles. The molecule has 5 heteroatoms. The highest BCUT2D eigenvalue weighted by atomic mass is 32.2. The van der Waals surface area contributed by atoms with Crippen molar-refractivity contribution in [1.29, 1.82) is 0 Å². The van der Waals surface area contributed by atoms with E-state index in [1.807, 2.05) is 40.8 Å². The van der Waals surface area contributed by atoms with Crippen LogP contribution in [0.3, 0.4) is 0 Å². The first kappa shape index (κ1) is 17.9. The van der Waals surface area contributed by atoms with Gasteiger partial charge < -0.3 is 5.32 Å². The normalized spacial score (nSPS) is 12.1. The molecule has 0 fully saturated rings. The van der Waals surface area contributed by atoms with Crippen LogP contribution < -0.4 is 5.32 Å². The molecular formula is C16H26N2O2S. The summed E-state index contributed by atoms with van der Waals surface area (Å²) in [5, 5.41) is 3.06. The lowest BCUT2D eigenvalue weighted by atomic mass is 10.1. The van der Waals surface area contributed by atoms with Gasteiger partial charge in [-0.05, 0) is 57.5 Å². The minimum atomic E-state index is -3.52. The van der Waals surface area contributed by atoms with Gasteiger partial charge in [-0.2, -0.15) is 4.31 Å². The van der Waals surface area contributed by atoms with Gasteiger partial charge in [0.1, 0.15) is 0 Å². The van der Waals surface area contributed by atoms with Crippen molar-refractivity contribution in [2.75, 3.05) is 13.6 Å². The van der Waals surface area contributed by atoms with Crippen molar-refractivity contribution < 1.29 is 8.42 Å². The lowest BCUT2D eigenvalue weighted by Gasteiger charge is -2.26. The molecule has 0 bridgehead atoms. The van der Waals surface area contributed by atoms with Crippen LogP contribution in [0.15, 0.2) is 29.7 Å². The van der Waals surface area contributed by atoms with Crippen LogP contribution in [0.1, 0.15) is 30.5 Å². The minimum absolute atomic E-state index is 0.110. The van der Waals surface area contributed by atoms with Gasteiger partial charge in [-0.3, -0.25) is 0 Å². The fourth-order valence-corrected chi connectivity index (χ4v) is 4.27. The van der Waals surface area contributed by atoms with E-state index in [0.717, 1.165) is 16.7 Å². The number of sulfonamides is 1. The van der Waals surface area contributed by atoms with E-state index < -0.39 is 10.0 Å². The lowest BCUT2D eigenvalue weighted by Crippen LogP contribution is -2.37. The summed E-state index contributed by atoms with van der Waals surface area (Å²) in [6, 6.07) is 3.69. The summed E-state index contributed by atoms with van der Waals surface area (Å²) in [6.07, 6.45) is 1.62. The molecule has 4 nitrogen and oxygen atoms in total. The highest BCUT2D eigenvalue weighted by molar-refractivity contribution is 7.89. The van der Waals surface area contributed by atoms with Gasteiger partial charge >= 0.3 is 0 Å². The third-order valence-corrected chi connectivity index (χ3v) is 5.70. The smallest absolute Gasteiger partial charge is 0.243 e. The molecule has 0 radical (unpaired) electrons. The van der Waals surface area contributed by atoms with E-state index in [9.17, 15) is 8.42 Å². The van der Waals surface area contributed by atoms with Crippen molar-refractivity contribution in [3.8, 4) is 0 Å². The predicted molar refractivity (Wildman–Crippen MR) is 87.9 cm³/mol. The maximum Gasteiger partial charge on any atom is 0.243 e. The molecule has 0 aliphatic rings. The van der Waals surface area contributed by atoms with Gasteiger partial charge in [0.05, 0.1) is 4.90 Å². The summed E-state index contributed by atoms with van der Waals surface area (Å²) in [5.41, 5.74) is 2.77. The van der Waals surface area contributed by atoms with Crippen molar-refractivity contribution in [1.82, 2.24) is 9.62 Å². The van der Waals surface area contributed by atoms with E-state index in [2.05, 4.69) is 11.9 Å². The fraction of sp³-hybridized carbons (Fsp3) is 0.500. The number of nitrogens with one attached hydrogen (secondary N) is 1. The van der Waals surface area contributed by atoms with Crippen LogP contribution in [0.4, 0.5) is 0 Å². The molecule has 1 N–H and O–H groups in total. The second-order valence-corrected chi connectivity index (χ2v) is 7.38. The predicted octanol–water partition coefficient (Wildman–Crippen LogP) is 2.61. The molecule has 0 unspecified atom stereocenters.